The van der Waals surface area contributed by atoms with Crippen LogP contribution in [-0.2, 0) is 6.54 Å². The number of nitrogens with zero attached hydrogens (tertiary/aromatic N) is 3. The second-order valence-electron chi connectivity index (χ2n) is 3.59. The second-order valence-corrected chi connectivity index (χ2v) is 3.59. The summed E-state index contributed by atoms with van der Waals surface area (Å²) in [6.07, 6.45) is 0. The van der Waals surface area contributed by atoms with Crippen molar-refractivity contribution in [3.05, 3.63) is 40.3 Å². The number of rotatable bonds is 5. The van der Waals surface area contributed by atoms with Gasteiger partial charge in [-0.3, -0.25) is 10.1 Å². The Kier molecular flexibility index (Phi) is 3.63. The standard InChI is InChI=1S/C11H12N4O3/c1-2-12-7-10-13-14-11(18-10)8-3-5-9(6-4-8)15(16)17/h3-6,12H,2,7H2,1H3. The number of non-ortho nitro benzene ring substituents is 1. The summed E-state index contributed by atoms with van der Waals surface area (Å²) in [6.45, 7) is 3.30. The summed E-state index contributed by atoms with van der Waals surface area (Å²) in [5.74, 6) is 0.850. The molecule has 1 N–H and O–H groups in total. The summed E-state index contributed by atoms with van der Waals surface area (Å²) in [5, 5.41) is 21.3. The van der Waals surface area contributed by atoms with Crippen molar-refractivity contribution < 1.29 is 9.34 Å². The molecule has 1 aromatic heterocycles. The maximum absolute atomic E-state index is 10.5. The van der Waals surface area contributed by atoms with E-state index in [0.29, 0.717) is 23.9 Å². The molecule has 2 rings (SSSR count). The Morgan fingerprint density at radius 3 is 2.67 bits per heavy atom. The molecule has 0 spiro atoms. The van der Waals surface area contributed by atoms with E-state index in [4.69, 9.17) is 4.42 Å². The highest BCUT2D eigenvalue weighted by atomic mass is 16.6. The van der Waals surface area contributed by atoms with Gasteiger partial charge in [-0.15, -0.1) is 10.2 Å². The minimum atomic E-state index is -0.450. The lowest BCUT2D eigenvalue weighted by molar-refractivity contribution is -0.384. The molecular formula is C11H12N4O3. The number of hydrogen-bond acceptors (Lipinski definition) is 6. The van der Waals surface area contributed by atoms with E-state index < -0.39 is 4.92 Å². The van der Waals surface area contributed by atoms with Crippen LogP contribution in [0.5, 0.6) is 0 Å². The predicted octanol–water partition coefficient (Wildman–Crippen LogP) is 1.75. The molecule has 0 unspecified atom stereocenters. The lowest BCUT2D eigenvalue weighted by atomic mass is 10.2. The number of hydrogen-bond donors (Lipinski definition) is 1. The van der Waals surface area contributed by atoms with Gasteiger partial charge in [0.1, 0.15) is 0 Å². The molecule has 18 heavy (non-hydrogen) atoms. The molecule has 7 heteroatoms. The van der Waals surface area contributed by atoms with Gasteiger partial charge in [-0.25, -0.2) is 0 Å². The van der Waals surface area contributed by atoms with Crippen LogP contribution in [0.3, 0.4) is 0 Å². The number of aromatic nitrogens is 2. The second kappa shape index (κ2) is 5.37. The quantitative estimate of drug-likeness (QED) is 0.640. The SMILES string of the molecule is CCNCc1nnc(-c2ccc([N+](=O)[O-])cc2)o1. The van der Waals surface area contributed by atoms with Crippen molar-refractivity contribution in [3.63, 3.8) is 0 Å². The molecule has 0 fully saturated rings. The molecule has 2 aromatic rings. The first-order chi connectivity index (χ1) is 8.70. The molecule has 0 bridgehead atoms. The Balaban J connectivity index is 2.15. The molecule has 0 saturated heterocycles. The van der Waals surface area contributed by atoms with Crippen LogP contribution in [0.4, 0.5) is 5.69 Å². The third-order valence-corrected chi connectivity index (χ3v) is 2.32. The summed E-state index contributed by atoms with van der Waals surface area (Å²) < 4.78 is 5.42. The fourth-order valence-electron chi connectivity index (χ4n) is 1.40. The van der Waals surface area contributed by atoms with Gasteiger partial charge in [-0.2, -0.15) is 0 Å². The molecule has 0 saturated carbocycles. The first-order valence-corrected chi connectivity index (χ1v) is 5.48. The van der Waals surface area contributed by atoms with Gasteiger partial charge < -0.3 is 9.73 Å². The van der Waals surface area contributed by atoms with Crippen LogP contribution < -0.4 is 5.32 Å². The highest BCUT2D eigenvalue weighted by Gasteiger charge is 2.10. The molecular weight excluding hydrogens is 236 g/mol. The summed E-state index contributed by atoms with van der Waals surface area (Å²) in [4.78, 5) is 10.1. The summed E-state index contributed by atoms with van der Waals surface area (Å²) >= 11 is 0. The van der Waals surface area contributed by atoms with Crippen LogP contribution in [0.1, 0.15) is 12.8 Å². The molecule has 1 aromatic carbocycles. The lowest BCUT2D eigenvalue weighted by Gasteiger charge is -1.95. The van der Waals surface area contributed by atoms with Crippen molar-refractivity contribution in [1.29, 1.82) is 0 Å². The van der Waals surface area contributed by atoms with E-state index in [9.17, 15) is 10.1 Å². The van der Waals surface area contributed by atoms with Crippen molar-refractivity contribution in [2.45, 2.75) is 13.5 Å². The van der Waals surface area contributed by atoms with Gasteiger partial charge in [0.05, 0.1) is 11.5 Å². The maximum Gasteiger partial charge on any atom is 0.269 e. The molecule has 0 radical (unpaired) electrons. The van der Waals surface area contributed by atoms with Crippen LogP contribution in [-0.4, -0.2) is 21.7 Å². The normalized spacial score (nSPS) is 10.5. The largest absolute Gasteiger partial charge is 0.419 e. The van der Waals surface area contributed by atoms with Gasteiger partial charge in [-0.1, -0.05) is 6.92 Å². The monoisotopic (exact) mass is 248 g/mol. The van der Waals surface area contributed by atoms with Gasteiger partial charge in [0.25, 0.3) is 5.69 Å². The van der Waals surface area contributed by atoms with Crippen LogP contribution in [0.25, 0.3) is 11.5 Å². The number of nitro benzene ring substituents is 1. The molecule has 94 valence electrons. The first kappa shape index (κ1) is 12.2. The van der Waals surface area contributed by atoms with Crippen LogP contribution in [0.2, 0.25) is 0 Å². The van der Waals surface area contributed by atoms with Crippen LogP contribution in [0.15, 0.2) is 28.7 Å². The Labute approximate surface area is 103 Å². The minimum Gasteiger partial charge on any atom is -0.419 e. The van der Waals surface area contributed by atoms with Gasteiger partial charge in [0, 0.05) is 17.7 Å². The summed E-state index contributed by atoms with van der Waals surface area (Å²) in [6, 6.07) is 5.98. The molecule has 0 aliphatic rings. The zero-order valence-electron chi connectivity index (χ0n) is 9.79. The molecule has 0 aliphatic carbocycles. The fraction of sp³-hybridized carbons (Fsp3) is 0.273. The Hall–Kier alpha value is -2.28. The van der Waals surface area contributed by atoms with E-state index in [0.717, 1.165) is 6.54 Å². The molecule has 7 nitrogen and oxygen atoms in total. The van der Waals surface area contributed by atoms with Crippen molar-refractivity contribution in [1.82, 2.24) is 15.5 Å². The van der Waals surface area contributed by atoms with E-state index in [2.05, 4.69) is 15.5 Å². The van der Waals surface area contributed by atoms with Crippen molar-refractivity contribution in [2.75, 3.05) is 6.54 Å². The van der Waals surface area contributed by atoms with Crippen LogP contribution in [0, 0.1) is 10.1 Å². The molecule has 0 aliphatic heterocycles. The summed E-state index contributed by atoms with van der Waals surface area (Å²) in [5.41, 5.74) is 0.696. The highest BCUT2D eigenvalue weighted by Crippen LogP contribution is 2.21. The third kappa shape index (κ3) is 2.69. The van der Waals surface area contributed by atoms with Gasteiger partial charge in [0.2, 0.25) is 11.8 Å². The van der Waals surface area contributed by atoms with Gasteiger partial charge >= 0.3 is 0 Å². The topological polar surface area (TPSA) is 94.1 Å². The zero-order chi connectivity index (χ0) is 13.0. The van der Waals surface area contributed by atoms with E-state index >= 15 is 0 Å². The summed E-state index contributed by atoms with van der Waals surface area (Å²) in [7, 11) is 0. The smallest absolute Gasteiger partial charge is 0.269 e. The molecule has 1 heterocycles. The predicted molar refractivity (Wildman–Crippen MR) is 63.8 cm³/mol. The average Bonchev–Trinajstić information content (AvgIpc) is 2.85. The lowest BCUT2D eigenvalue weighted by Crippen LogP contribution is -2.11. The fourth-order valence-corrected chi connectivity index (χ4v) is 1.40. The van der Waals surface area contributed by atoms with Crippen LogP contribution >= 0.6 is 0 Å². The highest BCUT2D eigenvalue weighted by molar-refractivity contribution is 5.55. The Morgan fingerprint density at radius 2 is 2.06 bits per heavy atom. The van der Waals surface area contributed by atoms with Crippen molar-refractivity contribution in [3.8, 4) is 11.5 Å². The van der Waals surface area contributed by atoms with Gasteiger partial charge in [-0.05, 0) is 18.7 Å². The van der Waals surface area contributed by atoms with E-state index in [1.54, 1.807) is 12.1 Å². The van der Waals surface area contributed by atoms with E-state index in [-0.39, 0.29) is 5.69 Å². The number of nitro groups is 1. The van der Waals surface area contributed by atoms with E-state index in [1.807, 2.05) is 6.92 Å². The minimum absolute atomic E-state index is 0.0335. The van der Waals surface area contributed by atoms with Crippen molar-refractivity contribution in [2.24, 2.45) is 0 Å². The third-order valence-electron chi connectivity index (χ3n) is 2.32. The molecule has 0 atom stereocenters. The number of nitrogens with one attached hydrogen (secondary N) is 1. The maximum atomic E-state index is 10.5. The first-order valence-electron chi connectivity index (χ1n) is 5.48. The average molecular weight is 248 g/mol. The van der Waals surface area contributed by atoms with Gasteiger partial charge in [0.15, 0.2) is 0 Å². The molecule has 0 amide bonds. The Bertz CT molecular complexity index is 535. The number of benzene rings is 1. The Morgan fingerprint density at radius 1 is 1.33 bits per heavy atom. The zero-order valence-corrected chi connectivity index (χ0v) is 9.79. The van der Waals surface area contributed by atoms with E-state index in [1.165, 1.54) is 12.1 Å². The van der Waals surface area contributed by atoms with Crippen molar-refractivity contribution >= 4 is 5.69 Å².